The summed E-state index contributed by atoms with van der Waals surface area (Å²) in [7, 11) is 0. The Bertz CT molecular complexity index is 476. The van der Waals surface area contributed by atoms with E-state index in [0.717, 1.165) is 0 Å². The molecule has 1 aliphatic rings. The molecule has 92 valence electrons. The quantitative estimate of drug-likeness (QED) is 0.495. The number of aliphatic hydroxyl groups is 2. The van der Waals surface area contributed by atoms with Crippen LogP contribution < -0.4 is 0 Å². The first kappa shape index (κ1) is 12.8. The van der Waals surface area contributed by atoms with E-state index in [4.69, 9.17) is 23.2 Å². The third-order valence-corrected chi connectivity index (χ3v) is 3.59. The monoisotopic (exact) mass is 276 g/mol. The molecule has 0 spiro atoms. The first-order valence-corrected chi connectivity index (χ1v) is 5.77. The lowest BCUT2D eigenvalue weighted by atomic mass is 10.1. The van der Waals surface area contributed by atoms with E-state index in [1.165, 1.54) is 12.1 Å². The lowest BCUT2D eigenvalue weighted by Gasteiger charge is -2.04. The molecule has 0 amide bonds. The second-order valence-electron chi connectivity index (χ2n) is 4.38. The fourth-order valence-corrected chi connectivity index (χ4v) is 2.71. The first-order chi connectivity index (χ1) is 7.76. The fourth-order valence-electron chi connectivity index (χ4n) is 2.20. The highest BCUT2D eigenvalue weighted by atomic mass is 35.5. The van der Waals surface area contributed by atoms with E-state index >= 15 is 0 Å². The molecule has 17 heavy (non-hydrogen) atoms. The molecule has 1 aliphatic carbocycles. The molecule has 5 heteroatoms. The Morgan fingerprint density at radius 2 is 1.82 bits per heavy atom. The van der Waals surface area contributed by atoms with Crippen molar-refractivity contribution >= 4 is 23.2 Å². The van der Waals surface area contributed by atoms with Crippen LogP contribution in [0.25, 0.3) is 0 Å². The van der Waals surface area contributed by atoms with Crippen molar-refractivity contribution in [1.82, 2.24) is 0 Å². The minimum absolute atomic E-state index is 0.129. The molecule has 0 aliphatic heterocycles. The van der Waals surface area contributed by atoms with Gasteiger partial charge in [0, 0.05) is 5.92 Å². The van der Waals surface area contributed by atoms with Crippen molar-refractivity contribution in [2.24, 2.45) is 5.92 Å². The van der Waals surface area contributed by atoms with Crippen LogP contribution in [0.3, 0.4) is 0 Å². The van der Waals surface area contributed by atoms with Gasteiger partial charge in [-0.05, 0) is 24.6 Å². The van der Waals surface area contributed by atoms with Gasteiger partial charge in [-0.1, -0.05) is 35.4 Å². The normalized spacial score (nSPS) is 25.8. The van der Waals surface area contributed by atoms with Crippen molar-refractivity contribution < 1.29 is 14.6 Å². The van der Waals surface area contributed by atoms with E-state index in [2.05, 4.69) is 6.58 Å². The van der Waals surface area contributed by atoms with Crippen molar-refractivity contribution in [3.8, 4) is 0 Å². The van der Waals surface area contributed by atoms with Crippen LogP contribution in [0.15, 0.2) is 24.3 Å². The fraction of sp³-hybridized carbons (Fsp3) is 0.333. The minimum atomic E-state index is -1.85. The summed E-state index contributed by atoms with van der Waals surface area (Å²) in [5.41, 5.74) is 1.15. The largest absolute Gasteiger partial charge is 0.365 e. The summed E-state index contributed by atoms with van der Waals surface area (Å²) in [5, 5.41) is 19.2. The Hall–Kier alpha value is -0.610. The molecule has 2 unspecified atom stereocenters. The van der Waals surface area contributed by atoms with Gasteiger partial charge in [-0.25, -0.2) is 4.39 Å². The lowest BCUT2D eigenvalue weighted by molar-refractivity contribution is -0.0828. The number of hydrogen-bond acceptors (Lipinski definition) is 2. The van der Waals surface area contributed by atoms with Gasteiger partial charge in [0.15, 0.2) is 11.6 Å². The molecule has 0 radical (unpaired) electrons. The van der Waals surface area contributed by atoms with E-state index in [1.807, 2.05) is 0 Å². The van der Waals surface area contributed by atoms with Crippen LogP contribution in [-0.4, -0.2) is 16.0 Å². The van der Waals surface area contributed by atoms with Crippen LogP contribution in [0.1, 0.15) is 18.4 Å². The standard InChI is InChI=1S/C12H11Cl2FO2/c1-5(2)9-10(12(9,16)17)6-3-7(13)11(15)8(14)4-6/h3-4,9-10,16-17H,1H2,2H3. The SMILES string of the molecule is C=C(C)C1C(c2cc(Cl)c(F)c(Cl)c2)C1(O)O. The van der Waals surface area contributed by atoms with E-state index in [0.29, 0.717) is 11.1 Å². The summed E-state index contributed by atoms with van der Waals surface area (Å²) in [6.45, 7) is 5.40. The number of benzene rings is 1. The molecule has 0 bridgehead atoms. The van der Waals surface area contributed by atoms with Crippen LogP contribution in [0, 0.1) is 11.7 Å². The second kappa shape index (κ2) is 3.95. The zero-order valence-electron chi connectivity index (χ0n) is 9.04. The van der Waals surface area contributed by atoms with Crippen molar-refractivity contribution in [2.75, 3.05) is 0 Å². The molecule has 0 heterocycles. The molecule has 0 aromatic heterocycles. The zero-order chi connectivity index (χ0) is 13.0. The summed E-state index contributed by atoms with van der Waals surface area (Å²) in [6, 6.07) is 2.72. The van der Waals surface area contributed by atoms with Gasteiger partial charge in [0.05, 0.1) is 16.0 Å². The Balaban J connectivity index is 2.41. The van der Waals surface area contributed by atoms with Gasteiger partial charge >= 0.3 is 0 Å². The van der Waals surface area contributed by atoms with Crippen LogP contribution >= 0.6 is 23.2 Å². The molecule has 0 saturated heterocycles. The van der Waals surface area contributed by atoms with E-state index < -0.39 is 23.4 Å². The van der Waals surface area contributed by atoms with Gasteiger partial charge in [-0.2, -0.15) is 0 Å². The van der Waals surface area contributed by atoms with Crippen LogP contribution in [-0.2, 0) is 0 Å². The Kier molecular flexibility index (Phi) is 2.99. The molecular formula is C12H11Cl2FO2. The summed E-state index contributed by atoms with van der Waals surface area (Å²) < 4.78 is 13.2. The topological polar surface area (TPSA) is 40.5 Å². The van der Waals surface area contributed by atoms with Crippen molar-refractivity contribution in [1.29, 1.82) is 0 Å². The third kappa shape index (κ3) is 1.97. The Labute approximate surface area is 108 Å². The van der Waals surface area contributed by atoms with Gasteiger partial charge in [0.1, 0.15) is 0 Å². The van der Waals surface area contributed by atoms with Crippen LogP contribution in [0.4, 0.5) is 4.39 Å². The van der Waals surface area contributed by atoms with Crippen molar-refractivity contribution in [2.45, 2.75) is 18.6 Å². The molecule has 2 rings (SSSR count). The zero-order valence-corrected chi connectivity index (χ0v) is 10.6. The molecule has 2 nitrogen and oxygen atoms in total. The smallest absolute Gasteiger partial charge is 0.177 e. The van der Waals surface area contributed by atoms with Crippen molar-refractivity contribution in [3.63, 3.8) is 0 Å². The third-order valence-electron chi connectivity index (χ3n) is 3.04. The number of rotatable bonds is 2. The van der Waals surface area contributed by atoms with Gasteiger partial charge in [0.2, 0.25) is 0 Å². The molecular weight excluding hydrogens is 266 g/mol. The average Bonchev–Trinajstić information content (AvgIpc) is 2.77. The first-order valence-electron chi connectivity index (χ1n) is 5.01. The predicted octanol–water partition coefficient (Wildman–Crippen LogP) is 3.10. The molecule has 2 atom stereocenters. The van der Waals surface area contributed by atoms with Crippen molar-refractivity contribution in [3.05, 3.63) is 45.7 Å². The van der Waals surface area contributed by atoms with Gasteiger partial charge < -0.3 is 10.2 Å². The van der Waals surface area contributed by atoms with Gasteiger partial charge in [-0.3, -0.25) is 0 Å². The molecule has 2 N–H and O–H groups in total. The second-order valence-corrected chi connectivity index (χ2v) is 5.20. The van der Waals surface area contributed by atoms with E-state index in [1.54, 1.807) is 6.92 Å². The molecule has 1 aromatic carbocycles. The van der Waals surface area contributed by atoms with Gasteiger partial charge in [0.25, 0.3) is 0 Å². The maximum Gasteiger partial charge on any atom is 0.177 e. The Morgan fingerprint density at radius 1 is 1.35 bits per heavy atom. The number of halogens is 3. The van der Waals surface area contributed by atoms with Crippen LogP contribution in [0.5, 0.6) is 0 Å². The maximum atomic E-state index is 13.2. The lowest BCUT2D eigenvalue weighted by Crippen LogP contribution is -2.10. The maximum absolute atomic E-state index is 13.2. The summed E-state index contributed by atoms with van der Waals surface area (Å²) >= 11 is 11.3. The Morgan fingerprint density at radius 3 is 2.18 bits per heavy atom. The summed E-state index contributed by atoms with van der Waals surface area (Å²) in [5.74, 6) is -3.59. The van der Waals surface area contributed by atoms with E-state index in [-0.39, 0.29) is 10.0 Å². The highest BCUT2D eigenvalue weighted by molar-refractivity contribution is 6.35. The average molecular weight is 277 g/mol. The van der Waals surface area contributed by atoms with Gasteiger partial charge in [-0.15, -0.1) is 0 Å². The predicted molar refractivity (Wildman–Crippen MR) is 64.6 cm³/mol. The molecule has 1 saturated carbocycles. The highest BCUT2D eigenvalue weighted by Gasteiger charge is 2.64. The summed E-state index contributed by atoms with van der Waals surface area (Å²) in [4.78, 5) is 0. The minimum Gasteiger partial charge on any atom is -0.365 e. The molecule has 1 fully saturated rings. The number of hydrogen-bond donors (Lipinski definition) is 2. The van der Waals surface area contributed by atoms with E-state index in [9.17, 15) is 14.6 Å². The van der Waals surface area contributed by atoms with Crippen LogP contribution in [0.2, 0.25) is 10.0 Å². The highest BCUT2D eigenvalue weighted by Crippen LogP contribution is 2.59. The molecule has 1 aromatic rings. The summed E-state index contributed by atoms with van der Waals surface area (Å²) in [6.07, 6.45) is 0.